The van der Waals surface area contributed by atoms with E-state index in [-0.39, 0.29) is 0 Å². The molecule has 7 heteroatoms. The van der Waals surface area contributed by atoms with E-state index in [0.29, 0.717) is 17.2 Å². The Labute approximate surface area is 199 Å². The Morgan fingerprint density at radius 3 is 1.85 bits per heavy atom. The maximum atomic E-state index is 5.67. The van der Waals surface area contributed by atoms with Gasteiger partial charge in [0.05, 0.1) is 47.3 Å². The van der Waals surface area contributed by atoms with Crippen molar-refractivity contribution in [3.8, 4) is 43.9 Å². The fourth-order valence-corrected chi connectivity index (χ4v) is 5.54. The second kappa shape index (κ2) is 9.93. The van der Waals surface area contributed by atoms with Gasteiger partial charge in [-0.05, 0) is 66.4 Å². The van der Waals surface area contributed by atoms with E-state index in [1.54, 1.807) is 39.8 Å². The van der Waals surface area contributed by atoms with Crippen molar-refractivity contribution in [1.29, 1.82) is 0 Å². The molecule has 0 N–H and O–H groups in total. The van der Waals surface area contributed by atoms with Gasteiger partial charge in [0, 0.05) is 22.8 Å². The number of benzene rings is 2. The van der Waals surface area contributed by atoms with E-state index in [0.717, 1.165) is 43.3 Å². The first-order valence-electron chi connectivity index (χ1n) is 10.9. The zero-order valence-electron chi connectivity index (χ0n) is 20.1. The molecule has 0 atom stereocenters. The van der Waals surface area contributed by atoms with Crippen molar-refractivity contribution in [2.24, 2.45) is 0 Å². The predicted octanol–water partition coefficient (Wildman–Crippen LogP) is 5.57. The molecule has 0 saturated carbocycles. The van der Waals surface area contributed by atoms with Crippen LogP contribution in [-0.4, -0.2) is 54.7 Å². The second-order valence-corrected chi connectivity index (χ2v) is 8.93. The average Bonchev–Trinajstić information content (AvgIpc) is 3.17. The highest BCUT2D eigenvalue weighted by Gasteiger charge is 2.21. The summed E-state index contributed by atoms with van der Waals surface area (Å²) in [5.41, 5.74) is 5.85. The molecule has 1 aliphatic rings. The predicted molar refractivity (Wildman–Crippen MR) is 134 cm³/mol. The molecule has 0 bridgehead atoms. The summed E-state index contributed by atoms with van der Waals surface area (Å²) in [7, 11) is 6.63. The van der Waals surface area contributed by atoms with Gasteiger partial charge in [0.1, 0.15) is 5.75 Å². The number of rotatable bonds is 7. The molecule has 0 aliphatic carbocycles. The molecule has 0 spiro atoms. The molecule has 0 radical (unpaired) electrons. The van der Waals surface area contributed by atoms with E-state index >= 15 is 0 Å². The van der Waals surface area contributed by atoms with Crippen LogP contribution < -0.4 is 23.8 Å². The Morgan fingerprint density at radius 2 is 1.30 bits per heavy atom. The van der Waals surface area contributed by atoms with Gasteiger partial charge in [-0.2, -0.15) is 0 Å². The molecule has 2 aromatic carbocycles. The quantitative estimate of drug-likeness (QED) is 0.451. The summed E-state index contributed by atoms with van der Waals surface area (Å²) in [5.74, 6) is 2.78. The lowest BCUT2D eigenvalue weighted by atomic mass is 10.0. The number of thiophene rings is 1. The Bertz CT molecular complexity index is 1110. The SMILES string of the molecule is COc1ccc(-c2sc(-c3cc(OC)c(OC)c(OC)c3)c(C)c2C)cc1N1CCOCC1. The molecule has 3 aromatic rings. The molecule has 0 unspecified atom stereocenters. The van der Waals surface area contributed by atoms with Gasteiger partial charge < -0.3 is 28.6 Å². The van der Waals surface area contributed by atoms with Crippen molar-refractivity contribution in [3.05, 3.63) is 41.5 Å². The number of anilines is 1. The van der Waals surface area contributed by atoms with E-state index in [1.165, 1.54) is 26.4 Å². The smallest absolute Gasteiger partial charge is 0.203 e. The van der Waals surface area contributed by atoms with E-state index in [4.69, 9.17) is 23.7 Å². The van der Waals surface area contributed by atoms with E-state index in [9.17, 15) is 0 Å². The van der Waals surface area contributed by atoms with Gasteiger partial charge in [-0.1, -0.05) is 0 Å². The first-order chi connectivity index (χ1) is 16.0. The second-order valence-electron chi connectivity index (χ2n) is 7.91. The molecule has 176 valence electrons. The maximum Gasteiger partial charge on any atom is 0.203 e. The van der Waals surface area contributed by atoms with Gasteiger partial charge in [-0.3, -0.25) is 0 Å². The summed E-state index contributed by atoms with van der Waals surface area (Å²) < 4.78 is 27.9. The first-order valence-corrected chi connectivity index (χ1v) is 11.8. The standard InChI is InChI=1S/C26H31NO5S/c1-16-17(2)26(19-14-22(29-4)24(31-6)23(15-19)30-5)33-25(16)18-7-8-21(28-3)20(13-18)27-9-11-32-12-10-27/h7-8,13-15H,9-12H2,1-6H3. The lowest BCUT2D eigenvalue weighted by Crippen LogP contribution is -2.36. The van der Waals surface area contributed by atoms with Crippen LogP contribution in [0.5, 0.6) is 23.0 Å². The molecule has 4 rings (SSSR count). The summed E-state index contributed by atoms with van der Waals surface area (Å²) in [4.78, 5) is 4.76. The van der Waals surface area contributed by atoms with Crippen LogP contribution in [-0.2, 0) is 4.74 Å². The van der Waals surface area contributed by atoms with Crippen molar-refractivity contribution in [1.82, 2.24) is 0 Å². The summed E-state index contributed by atoms with van der Waals surface area (Å²) >= 11 is 1.78. The van der Waals surface area contributed by atoms with Crippen molar-refractivity contribution in [2.45, 2.75) is 13.8 Å². The normalized spacial score (nSPS) is 13.7. The summed E-state index contributed by atoms with van der Waals surface area (Å²) in [6, 6.07) is 10.5. The molecule has 1 aliphatic heterocycles. The Morgan fingerprint density at radius 1 is 0.727 bits per heavy atom. The van der Waals surface area contributed by atoms with Crippen molar-refractivity contribution in [3.63, 3.8) is 0 Å². The first kappa shape index (κ1) is 23.3. The largest absolute Gasteiger partial charge is 0.495 e. The van der Waals surface area contributed by atoms with Crippen molar-refractivity contribution >= 4 is 17.0 Å². The lowest BCUT2D eigenvalue weighted by Gasteiger charge is -2.30. The molecule has 1 fully saturated rings. The topological polar surface area (TPSA) is 49.4 Å². The molecular formula is C26H31NO5S. The van der Waals surface area contributed by atoms with Gasteiger partial charge >= 0.3 is 0 Å². The highest BCUT2D eigenvalue weighted by molar-refractivity contribution is 7.19. The Balaban J connectivity index is 1.80. The minimum absolute atomic E-state index is 0.597. The number of methoxy groups -OCH3 is 4. The molecule has 2 heterocycles. The van der Waals surface area contributed by atoms with Crippen molar-refractivity contribution < 1.29 is 23.7 Å². The van der Waals surface area contributed by atoms with Crippen LogP contribution in [0.25, 0.3) is 20.9 Å². The van der Waals surface area contributed by atoms with Gasteiger partial charge in [0.2, 0.25) is 5.75 Å². The third-order valence-electron chi connectivity index (χ3n) is 6.17. The summed E-state index contributed by atoms with van der Waals surface area (Å²) in [5, 5.41) is 0. The Kier molecular flexibility index (Phi) is 7.00. The van der Waals surface area contributed by atoms with Crippen LogP contribution in [0.4, 0.5) is 5.69 Å². The van der Waals surface area contributed by atoms with Crippen LogP contribution in [0.1, 0.15) is 11.1 Å². The number of nitrogens with zero attached hydrogens (tertiary/aromatic N) is 1. The van der Waals surface area contributed by atoms with Crippen LogP contribution in [0.3, 0.4) is 0 Å². The van der Waals surface area contributed by atoms with Crippen LogP contribution in [0.2, 0.25) is 0 Å². The van der Waals surface area contributed by atoms with Gasteiger partial charge in [0.15, 0.2) is 11.5 Å². The number of hydrogen-bond acceptors (Lipinski definition) is 7. The molecule has 1 saturated heterocycles. The summed E-state index contributed by atoms with van der Waals surface area (Å²) in [6.07, 6.45) is 0. The zero-order valence-corrected chi connectivity index (χ0v) is 20.9. The maximum absolute atomic E-state index is 5.67. The number of morpholine rings is 1. The van der Waals surface area contributed by atoms with Gasteiger partial charge in [-0.15, -0.1) is 11.3 Å². The van der Waals surface area contributed by atoms with E-state index in [2.05, 4.69) is 36.9 Å². The van der Waals surface area contributed by atoms with Crippen LogP contribution in [0, 0.1) is 13.8 Å². The third-order valence-corrected chi connectivity index (χ3v) is 7.66. The zero-order chi connectivity index (χ0) is 23.5. The molecular weight excluding hydrogens is 438 g/mol. The monoisotopic (exact) mass is 469 g/mol. The van der Waals surface area contributed by atoms with Crippen LogP contribution in [0.15, 0.2) is 30.3 Å². The third kappa shape index (κ3) is 4.35. The summed E-state index contributed by atoms with van der Waals surface area (Å²) in [6.45, 7) is 7.53. The highest BCUT2D eigenvalue weighted by atomic mass is 32.1. The molecule has 6 nitrogen and oxygen atoms in total. The Hall–Kier alpha value is -2.90. The van der Waals surface area contributed by atoms with Crippen molar-refractivity contribution in [2.75, 3.05) is 59.6 Å². The van der Waals surface area contributed by atoms with Gasteiger partial charge in [-0.25, -0.2) is 0 Å². The molecule has 0 amide bonds. The van der Waals surface area contributed by atoms with Gasteiger partial charge in [0.25, 0.3) is 0 Å². The van der Waals surface area contributed by atoms with E-state index in [1.807, 2.05) is 12.1 Å². The average molecular weight is 470 g/mol. The number of ether oxygens (including phenoxy) is 5. The number of hydrogen-bond donors (Lipinski definition) is 0. The highest BCUT2D eigenvalue weighted by Crippen LogP contribution is 2.47. The minimum Gasteiger partial charge on any atom is -0.495 e. The molecule has 33 heavy (non-hydrogen) atoms. The lowest BCUT2D eigenvalue weighted by molar-refractivity contribution is 0.122. The fourth-order valence-electron chi connectivity index (χ4n) is 4.24. The molecule has 1 aromatic heterocycles. The minimum atomic E-state index is 0.597. The fraction of sp³-hybridized carbons (Fsp3) is 0.385. The van der Waals surface area contributed by atoms with E-state index < -0.39 is 0 Å². The van der Waals surface area contributed by atoms with Crippen LogP contribution >= 0.6 is 11.3 Å².